The average Bonchev–Trinajstić information content (AvgIpc) is 2.87. The molecule has 0 amide bonds. The summed E-state index contributed by atoms with van der Waals surface area (Å²) in [4.78, 5) is 16.5. The van der Waals surface area contributed by atoms with Gasteiger partial charge in [0.25, 0.3) is 0 Å². The van der Waals surface area contributed by atoms with Crippen LogP contribution in [0.5, 0.6) is 5.75 Å². The van der Waals surface area contributed by atoms with E-state index >= 15 is 0 Å². The molecule has 0 saturated carbocycles. The summed E-state index contributed by atoms with van der Waals surface area (Å²) >= 11 is 0. The van der Waals surface area contributed by atoms with E-state index in [1.54, 1.807) is 13.4 Å². The minimum absolute atomic E-state index is 0.720. The van der Waals surface area contributed by atoms with Crippen molar-refractivity contribution in [2.24, 2.45) is 0 Å². The lowest BCUT2D eigenvalue weighted by atomic mass is 9.90. The molecular weight excluding hydrogens is 444 g/mol. The van der Waals surface area contributed by atoms with E-state index < -0.39 is 0 Å². The third-order valence-electron chi connectivity index (χ3n) is 7.77. The van der Waals surface area contributed by atoms with Gasteiger partial charge in [-0.2, -0.15) is 0 Å². The number of ether oxygens (including phenoxy) is 1. The number of benzene rings is 3. The van der Waals surface area contributed by atoms with Crippen molar-refractivity contribution in [3.63, 3.8) is 0 Å². The topological polar surface area (TPSA) is 51.1 Å². The molecule has 0 radical (unpaired) electrons. The predicted molar refractivity (Wildman–Crippen MR) is 150 cm³/mol. The van der Waals surface area contributed by atoms with Crippen LogP contribution in [0.15, 0.2) is 36.7 Å². The molecule has 0 atom stereocenters. The molecule has 1 heterocycles. The first-order valence-electron chi connectivity index (χ1n) is 12.3. The van der Waals surface area contributed by atoms with Gasteiger partial charge in [0.15, 0.2) is 11.6 Å². The summed E-state index contributed by atoms with van der Waals surface area (Å²) in [5, 5.41) is 0. The van der Waals surface area contributed by atoms with Crippen LogP contribution in [-0.2, 0) is 0 Å². The second kappa shape index (κ2) is 9.73. The monoisotopic (exact) mass is 480 g/mol. The molecule has 0 unspecified atom stereocenters. The lowest BCUT2D eigenvalue weighted by Crippen LogP contribution is -2.15. The van der Waals surface area contributed by atoms with Gasteiger partial charge in [0.05, 0.1) is 7.11 Å². The molecule has 1 aromatic heterocycles. The van der Waals surface area contributed by atoms with Crippen molar-refractivity contribution in [3.8, 4) is 28.5 Å². The molecule has 0 bridgehead atoms. The standard InChI is InChI=1S/C31H36N4O/c1-17-15-18(2)20(4)27(19(17)3)30-32-16-33-31(34-30)28-21(5)23(7)29(24(8)22(28)6)35(9)25-11-13-26(36-10)14-12-25/h11-16H,1-10H3. The highest BCUT2D eigenvalue weighted by atomic mass is 16.5. The van der Waals surface area contributed by atoms with Crippen LogP contribution < -0.4 is 9.64 Å². The van der Waals surface area contributed by atoms with Crippen LogP contribution in [0.25, 0.3) is 22.8 Å². The number of nitrogens with zero attached hydrogens (tertiary/aromatic N) is 4. The zero-order valence-corrected chi connectivity index (χ0v) is 23.2. The van der Waals surface area contributed by atoms with Gasteiger partial charge in [-0.25, -0.2) is 15.0 Å². The molecule has 0 fully saturated rings. The number of methoxy groups -OCH3 is 1. The van der Waals surface area contributed by atoms with E-state index in [-0.39, 0.29) is 0 Å². The highest BCUT2D eigenvalue weighted by Crippen LogP contribution is 2.40. The summed E-state index contributed by atoms with van der Waals surface area (Å²) in [6.07, 6.45) is 1.65. The minimum atomic E-state index is 0.720. The van der Waals surface area contributed by atoms with Gasteiger partial charge in [0.2, 0.25) is 0 Å². The second-order valence-corrected chi connectivity index (χ2v) is 9.75. The summed E-state index contributed by atoms with van der Waals surface area (Å²) in [7, 11) is 3.80. The van der Waals surface area contributed by atoms with E-state index in [0.717, 1.165) is 34.2 Å². The Labute approximate surface area is 215 Å². The summed E-state index contributed by atoms with van der Waals surface area (Å²) < 4.78 is 5.34. The molecule has 186 valence electrons. The Hall–Kier alpha value is -3.73. The van der Waals surface area contributed by atoms with Crippen molar-refractivity contribution in [1.82, 2.24) is 15.0 Å². The summed E-state index contributed by atoms with van der Waals surface area (Å²) in [6.45, 7) is 17.3. The molecule has 5 heteroatoms. The lowest BCUT2D eigenvalue weighted by molar-refractivity contribution is 0.415. The Morgan fingerprint density at radius 1 is 0.639 bits per heavy atom. The van der Waals surface area contributed by atoms with Crippen LogP contribution in [0.1, 0.15) is 44.5 Å². The molecule has 0 N–H and O–H groups in total. The van der Waals surface area contributed by atoms with Crippen LogP contribution in [0, 0.1) is 55.4 Å². The van der Waals surface area contributed by atoms with E-state index in [1.807, 2.05) is 12.1 Å². The quantitative estimate of drug-likeness (QED) is 0.297. The largest absolute Gasteiger partial charge is 0.497 e. The third kappa shape index (κ3) is 4.23. The SMILES string of the molecule is COc1ccc(N(C)c2c(C)c(C)c(-c3ncnc(-c4c(C)c(C)cc(C)c4C)n3)c(C)c2C)cc1. The van der Waals surface area contributed by atoms with Crippen molar-refractivity contribution < 1.29 is 4.74 Å². The lowest BCUT2D eigenvalue weighted by Gasteiger charge is -2.28. The van der Waals surface area contributed by atoms with Crippen molar-refractivity contribution in [2.75, 3.05) is 19.1 Å². The maximum Gasteiger partial charge on any atom is 0.163 e. The normalized spacial score (nSPS) is 11.1. The summed E-state index contributed by atoms with van der Waals surface area (Å²) in [5.74, 6) is 2.30. The fourth-order valence-electron chi connectivity index (χ4n) is 5.16. The van der Waals surface area contributed by atoms with Crippen molar-refractivity contribution >= 4 is 11.4 Å². The molecule has 0 aliphatic carbocycles. The van der Waals surface area contributed by atoms with Gasteiger partial charge in [0.1, 0.15) is 12.1 Å². The molecule has 4 aromatic rings. The number of aromatic nitrogens is 3. The molecule has 0 spiro atoms. The first kappa shape index (κ1) is 25.4. The van der Waals surface area contributed by atoms with Crippen LogP contribution in [-0.4, -0.2) is 29.1 Å². The zero-order chi connectivity index (χ0) is 26.3. The fraction of sp³-hybridized carbons (Fsp3) is 0.323. The van der Waals surface area contributed by atoms with Gasteiger partial charge in [0, 0.05) is 29.5 Å². The molecule has 36 heavy (non-hydrogen) atoms. The number of hydrogen-bond acceptors (Lipinski definition) is 5. The first-order valence-corrected chi connectivity index (χ1v) is 12.3. The van der Waals surface area contributed by atoms with E-state index in [1.165, 1.54) is 50.2 Å². The Morgan fingerprint density at radius 3 is 1.58 bits per heavy atom. The molecular formula is C31H36N4O. The number of hydrogen-bond donors (Lipinski definition) is 0. The van der Waals surface area contributed by atoms with E-state index in [9.17, 15) is 0 Å². The highest BCUT2D eigenvalue weighted by Gasteiger charge is 2.22. The van der Waals surface area contributed by atoms with Crippen molar-refractivity contribution in [3.05, 3.63) is 81.2 Å². The Balaban J connectivity index is 1.86. The molecule has 0 aliphatic heterocycles. The fourth-order valence-corrected chi connectivity index (χ4v) is 5.16. The van der Waals surface area contributed by atoms with E-state index in [2.05, 4.69) is 95.5 Å². The van der Waals surface area contributed by atoms with Gasteiger partial charge in [-0.3, -0.25) is 0 Å². The van der Waals surface area contributed by atoms with Gasteiger partial charge in [-0.05, 0) is 124 Å². The minimum Gasteiger partial charge on any atom is -0.497 e. The van der Waals surface area contributed by atoms with Crippen LogP contribution in [0.2, 0.25) is 0 Å². The van der Waals surface area contributed by atoms with Crippen molar-refractivity contribution in [2.45, 2.75) is 55.4 Å². The maximum absolute atomic E-state index is 5.34. The summed E-state index contributed by atoms with van der Waals surface area (Å²) in [5.41, 5.74) is 14.2. The van der Waals surface area contributed by atoms with Crippen molar-refractivity contribution in [1.29, 1.82) is 0 Å². The van der Waals surface area contributed by atoms with Gasteiger partial charge in [-0.15, -0.1) is 0 Å². The Kier molecular flexibility index (Phi) is 6.85. The Bertz CT molecular complexity index is 1400. The van der Waals surface area contributed by atoms with Crippen LogP contribution in [0.4, 0.5) is 11.4 Å². The highest BCUT2D eigenvalue weighted by molar-refractivity contribution is 5.80. The van der Waals surface area contributed by atoms with Crippen LogP contribution >= 0.6 is 0 Å². The molecule has 0 aliphatic rings. The molecule has 5 nitrogen and oxygen atoms in total. The van der Waals surface area contributed by atoms with E-state index in [4.69, 9.17) is 9.72 Å². The number of aryl methyl sites for hydroxylation is 2. The van der Waals surface area contributed by atoms with E-state index in [0.29, 0.717) is 0 Å². The maximum atomic E-state index is 5.34. The Morgan fingerprint density at radius 2 is 1.11 bits per heavy atom. The molecule has 0 saturated heterocycles. The average molecular weight is 481 g/mol. The van der Waals surface area contributed by atoms with Gasteiger partial charge in [-0.1, -0.05) is 6.07 Å². The van der Waals surface area contributed by atoms with Crippen LogP contribution in [0.3, 0.4) is 0 Å². The predicted octanol–water partition coefficient (Wildman–Crippen LogP) is 7.45. The number of anilines is 2. The second-order valence-electron chi connectivity index (χ2n) is 9.75. The first-order chi connectivity index (χ1) is 17.1. The number of rotatable bonds is 5. The van der Waals surface area contributed by atoms with Gasteiger partial charge < -0.3 is 9.64 Å². The third-order valence-corrected chi connectivity index (χ3v) is 7.77. The van der Waals surface area contributed by atoms with Gasteiger partial charge >= 0.3 is 0 Å². The molecule has 3 aromatic carbocycles. The zero-order valence-electron chi connectivity index (χ0n) is 23.2. The molecule has 4 rings (SSSR count). The smallest absolute Gasteiger partial charge is 0.163 e. The summed E-state index contributed by atoms with van der Waals surface area (Å²) in [6, 6.07) is 10.4.